The summed E-state index contributed by atoms with van der Waals surface area (Å²) in [5.41, 5.74) is 3.90. The lowest BCUT2D eigenvalue weighted by atomic mass is 10.0. The number of hydrogen-bond acceptors (Lipinski definition) is 13. The van der Waals surface area contributed by atoms with Crippen molar-refractivity contribution in [2.45, 2.75) is 18.9 Å². The molecule has 1 fully saturated rings. The summed E-state index contributed by atoms with van der Waals surface area (Å²) < 4.78 is 35.5. The van der Waals surface area contributed by atoms with Gasteiger partial charge in [0.05, 0.1) is 80.7 Å². The number of nitrogens with zero attached hydrogens (tertiary/aromatic N) is 5. The monoisotopic (exact) mass is 738 g/mol. The van der Waals surface area contributed by atoms with Gasteiger partial charge in [0.2, 0.25) is 23.5 Å². The third-order valence-electron chi connectivity index (χ3n) is 8.71. The predicted octanol–water partition coefficient (Wildman–Crippen LogP) is 2.87. The van der Waals surface area contributed by atoms with Gasteiger partial charge < -0.3 is 28.4 Å². The van der Waals surface area contributed by atoms with Gasteiger partial charge in [0.1, 0.15) is 25.0 Å². The lowest BCUT2D eigenvalue weighted by Crippen LogP contribution is -2.54. The van der Waals surface area contributed by atoms with Crippen LogP contribution in [-0.4, -0.2) is 120 Å². The third-order valence-corrected chi connectivity index (χ3v) is 8.71. The molecule has 7 rings (SSSR count). The molecule has 2 aliphatic heterocycles. The number of para-hydroxylation sites is 2. The molecule has 0 bridgehead atoms. The highest BCUT2D eigenvalue weighted by Gasteiger charge is 2.44. The Labute approximate surface area is 309 Å². The van der Waals surface area contributed by atoms with Crippen LogP contribution in [0.3, 0.4) is 0 Å². The number of piperidine rings is 1. The largest absolute Gasteiger partial charge is 0.491 e. The minimum absolute atomic E-state index is 0.0605. The highest BCUT2D eigenvalue weighted by Crippen LogP contribution is 2.30. The van der Waals surface area contributed by atoms with Gasteiger partial charge in [-0.3, -0.25) is 33.8 Å². The van der Waals surface area contributed by atoms with E-state index in [0.717, 1.165) is 27.2 Å². The number of ether oxygens (including phenoxy) is 6. The maximum atomic E-state index is 12.9. The van der Waals surface area contributed by atoms with Crippen LogP contribution in [0.25, 0.3) is 28.1 Å². The van der Waals surface area contributed by atoms with Gasteiger partial charge in [-0.25, -0.2) is 15.0 Å². The lowest BCUT2D eigenvalue weighted by molar-refractivity contribution is -0.136. The summed E-state index contributed by atoms with van der Waals surface area (Å²) >= 11 is 0. The number of carbonyl (C=O) groups is 4. The highest BCUT2D eigenvalue weighted by atomic mass is 16.6. The van der Waals surface area contributed by atoms with Crippen molar-refractivity contribution in [1.29, 1.82) is 0 Å². The minimum atomic E-state index is -1.01. The summed E-state index contributed by atoms with van der Waals surface area (Å²) in [4.78, 5) is 64.0. The smallest absolute Gasteiger partial charge is 0.262 e. The summed E-state index contributed by atoms with van der Waals surface area (Å²) in [5.74, 6) is -0.705. The second-order valence-electron chi connectivity index (χ2n) is 12.3. The first-order chi connectivity index (χ1) is 26.5. The maximum Gasteiger partial charge on any atom is 0.262 e. The van der Waals surface area contributed by atoms with Crippen molar-refractivity contribution in [3.05, 3.63) is 84.2 Å². The Morgan fingerprint density at radius 1 is 0.704 bits per heavy atom. The zero-order chi connectivity index (χ0) is 37.3. The number of imide groups is 2. The van der Waals surface area contributed by atoms with Crippen LogP contribution in [0.4, 0.5) is 0 Å². The topological polar surface area (TPSA) is 182 Å². The Hall–Kier alpha value is -5.81. The van der Waals surface area contributed by atoms with Crippen molar-refractivity contribution in [2.24, 2.45) is 0 Å². The fourth-order valence-corrected chi connectivity index (χ4v) is 6.05. The summed E-state index contributed by atoms with van der Waals surface area (Å²) in [6.45, 7) is 3.65. The van der Waals surface area contributed by atoms with Crippen LogP contribution in [-0.2, 0) is 28.5 Å². The minimum Gasteiger partial charge on any atom is -0.491 e. The van der Waals surface area contributed by atoms with Crippen molar-refractivity contribution < 1.29 is 47.6 Å². The molecule has 0 saturated carbocycles. The van der Waals surface area contributed by atoms with Crippen LogP contribution >= 0.6 is 0 Å². The number of benzene rings is 2. The van der Waals surface area contributed by atoms with E-state index in [1.165, 1.54) is 12.1 Å². The van der Waals surface area contributed by atoms with Crippen molar-refractivity contribution in [2.75, 3.05) is 66.1 Å². The van der Waals surface area contributed by atoms with E-state index < -0.39 is 29.7 Å². The number of pyridine rings is 1. The third kappa shape index (κ3) is 8.52. The highest BCUT2D eigenvalue weighted by molar-refractivity contribution is 6.23. The van der Waals surface area contributed by atoms with Gasteiger partial charge >= 0.3 is 0 Å². The first-order valence-corrected chi connectivity index (χ1v) is 17.6. The van der Waals surface area contributed by atoms with Crippen molar-refractivity contribution >= 4 is 40.4 Å². The van der Waals surface area contributed by atoms with E-state index in [4.69, 9.17) is 28.4 Å². The fraction of sp³-hybridized carbons (Fsp3) is 0.342. The lowest BCUT2D eigenvalue weighted by Gasteiger charge is -2.27. The van der Waals surface area contributed by atoms with Gasteiger partial charge in [0, 0.05) is 30.4 Å². The van der Waals surface area contributed by atoms with E-state index >= 15 is 0 Å². The number of imidazole rings is 1. The molecule has 280 valence electrons. The molecule has 1 N–H and O–H groups in total. The average molecular weight is 739 g/mol. The van der Waals surface area contributed by atoms with Crippen molar-refractivity contribution in [3.8, 4) is 22.9 Å². The van der Waals surface area contributed by atoms with E-state index in [-0.39, 0.29) is 37.2 Å². The number of rotatable bonds is 19. The molecule has 2 aliphatic rings. The summed E-state index contributed by atoms with van der Waals surface area (Å²) in [6.07, 6.45) is 3.84. The summed E-state index contributed by atoms with van der Waals surface area (Å²) in [7, 11) is 0. The molecule has 1 atom stereocenters. The molecule has 0 aliphatic carbocycles. The number of nitrogens with one attached hydrogen (secondary N) is 1. The van der Waals surface area contributed by atoms with Gasteiger partial charge in [-0.2, -0.15) is 0 Å². The number of aromatic nitrogens is 4. The van der Waals surface area contributed by atoms with Crippen LogP contribution < -0.4 is 14.8 Å². The van der Waals surface area contributed by atoms with Gasteiger partial charge in [0.25, 0.3) is 11.8 Å². The van der Waals surface area contributed by atoms with E-state index in [1.54, 1.807) is 18.3 Å². The van der Waals surface area contributed by atoms with E-state index in [2.05, 4.69) is 20.3 Å². The molecule has 16 nitrogen and oxygen atoms in total. The zero-order valence-corrected chi connectivity index (χ0v) is 29.3. The van der Waals surface area contributed by atoms with Gasteiger partial charge in [-0.1, -0.05) is 12.1 Å². The van der Waals surface area contributed by atoms with Gasteiger partial charge in [0.15, 0.2) is 0 Å². The Bertz CT molecular complexity index is 2140. The number of amides is 4. The second kappa shape index (κ2) is 17.3. The Morgan fingerprint density at radius 2 is 1.39 bits per heavy atom. The molecular weight excluding hydrogens is 700 g/mol. The van der Waals surface area contributed by atoms with Crippen LogP contribution in [0.15, 0.2) is 73.1 Å². The van der Waals surface area contributed by atoms with Crippen LogP contribution in [0, 0.1) is 0 Å². The first kappa shape index (κ1) is 36.5. The molecule has 4 amide bonds. The van der Waals surface area contributed by atoms with Crippen molar-refractivity contribution in [1.82, 2.24) is 29.6 Å². The molecular formula is C38H38N6O10. The molecule has 1 unspecified atom stereocenters. The quantitative estimate of drug-likeness (QED) is 0.0966. The predicted molar refractivity (Wildman–Crippen MR) is 191 cm³/mol. The molecule has 0 spiro atoms. The molecule has 16 heteroatoms. The van der Waals surface area contributed by atoms with E-state index in [0.29, 0.717) is 70.3 Å². The number of carbonyl (C=O) groups excluding carboxylic acids is 4. The summed E-state index contributed by atoms with van der Waals surface area (Å²) in [5, 5.41) is 2.18. The average Bonchev–Trinajstić information content (AvgIpc) is 3.68. The Balaban J connectivity index is 0.687. The first-order valence-electron chi connectivity index (χ1n) is 17.6. The van der Waals surface area contributed by atoms with Crippen LogP contribution in [0.2, 0.25) is 0 Å². The molecule has 5 aromatic rings. The molecule has 5 heterocycles. The fourth-order valence-electron chi connectivity index (χ4n) is 6.05. The van der Waals surface area contributed by atoms with Gasteiger partial charge in [-0.05, 0) is 48.9 Å². The van der Waals surface area contributed by atoms with Crippen LogP contribution in [0.1, 0.15) is 33.6 Å². The normalized spacial score (nSPS) is 15.6. The molecule has 54 heavy (non-hydrogen) atoms. The van der Waals surface area contributed by atoms with Crippen molar-refractivity contribution in [3.63, 3.8) is 0 Å². The SMILES string of the molecule is O=C1CCC(N2C(=O)c3ccc(OCCOCCOCCOCCOCCOc4ccc(-c5ccn6c(n5)nc5ccccc56)cn4)cc3C2=O)C(=O)N1. The number of fused-ring (bicyclic) bond motifs is 4. The molecule has 1 saturated heterocycles. The molecule has 3 aromatic heterocycles. The molecule has 2 aromatic carbocycles. The van der Waals surface area contributed by atoms with E-state index in [9.17, 15) is 19.2 Å². The number of hydrogen-bond donors (Lipinski definition) is 1. The standard InChI is InChI=1S/C38H38N6O10/c45-33-9-8-32(35(46)42-33)44-36(47)27-7-6-26(23-28(27)37(44)48)53-21-19-51-17-15-49-13-14-50-16-18-52-20-22-54-34-10-5-25(24-39-34)29-11-12-43-31-4-2-1-3-30(31)41-38(43)40-29/h1-7,10-12,23-24,32H,8-9,13-22H2,(H,42,45,46). The van der Waals surface area contributed by atoms with E-state index in [1.807, 2.05) is 47.0 Å². The van der Waals surface area contributed by atoms with Gasteiger partial charge in [-0.15, -0.1) is 0 Å². The summed E-state index contributed by atoms with van der Waals surface area (Å²) in [6, 6.07) is 17.1. The Kier molecular flexibility index (Phi) is 11.7. The zero-order valence-electron chi connectivity index (χ0n) is 29.3. The second-order valence-corrected chi connectivity index (χ2v) is 12.3. The Morgan fingerprint density at radius 3 is 2.09 bits per heavy atom. The molecule has 0 radical (unpaired) electrons. The maximum absolute atomic E-state index is 12.9. The van der Waals surface area contributed by atoms with Crippen LogP contribution in [0.5, 0.6) is 11.6 Å².